The second-order valence-electron chi connectivity index (χ2n) is 3.07. The number of rotatable bonds is 2. The molecule has 2 heteroatoms. The van der Waals surface area contributed by atoms with Gasteiger partial charge in [-0.15, -0.1) is 0 Å². The monoisotopic (exact) mass is 147 g/mol. The maximum atomic E-state index is 4.35. The Balaban J connectivity index is 2.81. The summed E-state index contributed by atoms with van der Waals surface area (Å²) in [5, 5.41) is 0. The average Bonchev–Trinajstić information content (AvgIpc) is 2.05. The summed E-state index contributed by atoms with van der Waals surface area (Å²) < 4.78 is 0. The largest absolute Gasteiger partial charge is 0.262 e. The molecule has 0 N–H and O–H groups in total. The van der Waals surface area contributed by atoms with Crippen LogP contribution in [0.2, 0.25) is 0 Å². The van der Waals surface area contributed by atoms with Crippen LogP contribution in [0.3, 0.4) is 0 Å². The summed E-state index contributed by atoms with van der Waals surface area (Å²) in [4.78, 5) is 4.35. The molecule has 1 unspecified atom stereocenters. The van der Waals surface area contributed by atoms with Gasteiger partial charge in [0.15, 0.2) is 0 Å². The molecule has 0 saturated heterocycles. The van der Waals surface area contributed by atoms with Gasteiger partial charge in [0.25, 0.3) is 0 Å². The zero-order valence-electron chi connectivity index (χ0n) is 7.46. The molecule has 58 valence electrons. The smallest absolute Gasteiger partial charge is 0.141 e. The van der Waals surface area contributed by atoms with Crippen molar-refractivity contribution in [2.24, 2.45) is 0 Å². The molecule has 0 radical (unpaired) electrons. The molecule has 0 aromatic carbocycles. The summed E-state index contributed by atoms with van der Waals surface area (Å²) in [6.45, 7) is 4.39. The highest BCUT2D eigenvalue weighted by Crippen LogP contribution is 2.13. The third-order valence-corrected chi connectivity index (χ3v) is 2.05. The first-order valence-corrected chi connectivity index (χ1v) is 4.16. The first kappa shape index (κ1) is 8.31. The average molecular weight is 147 g/mol. The van der Waals surface area contributed by atoms with Crippen LogP contribution in [0.4, 0.5) is 0 Å². The van der Waals surface area contributed by atoms with E-state index >= 15 is 0 Å². The molecule has 0 bridgehead atoms. The van der Waals surface area contributed by atoms with E-state index in [1.807, 2.05) is 6.20 Å². The summed E-state index contributed by atoms with van der Waals surface area (Å²) in [6, 6.07) is 4.23. The zero-order chi connectivity index (χ0) is 8.27. The first-order valence-electron chi connectivity index (χ1n) is 4.16. The molecule has 1 heterocycles. The van der Waals surface area contributed by atoms with Crippen molar-refractivity contribution in [2.45, 2.75) is 26.2 Å². The summed E-state index contributed by atoms with van der Waals surface area (Å²) in [6.07, 6.45) is 3.09. The van der Waals surface area contributed by atoms with Crippen molar-refractivity contribution in [3.8, 4) is 0 Å². The van der Waals surface area contributed by atoms with Gasteiger partial charge in [-0.1, -0.05) is 25.4 Å². The molecule has 0 aliphatic rings. The van der Waals surface area contributed by atoms with Crippen molar-refractivity contribution in [1.82, 2.24) is 4.98 Å². The van der Waals surface area contributed by atoms with Crippen molar-refractivity contribution in [3.63, 3.8) is 0 Å². The molecule has 0 fully saturated rings. The summed E-state index contributed by atoms with van der Waals surface area (Å²) in [5.41, 5.74) is 2.44. The fourth-order valence-electron chi connectivity index (χ4n) is 0.980. The number of pyridine rings is 1. The lowest BCUT2D eigenvalue weighted by atomic mass is 9.96. The van der Waals surface area contributed by atoms with E-state index in [1.54, 1.807) is 0 Å². The van der Waals surface area contributed by atoms with E-state index in [-0.39, 0.29) is 0 Å². The van der Waals surface area contributed by atoms with Gasteiger partial charge in [-0.2, -0.15) is 0 Å². The maximum Gasteiger partial charge on any atom is 0.141 e. The second-order valence-corrected chi connectivity index (χ2v) is 3.07. The van der Waals surface area contributed by atoms with Crippen LogP contribution in [-0.4, -0.2) is 12.8 Å². The molecule has 11 heavy (non-hydrogen) atoms. The Morgan fingerprint density at radius 2 is 2.27 bits per heavy atom. The van der Waals surface area contributed by atoms with Gasteiger partial charge in [0.05, 0.1) is 0 Å². The van der Waals surface area contributed by atoms with Gasteiger partial charge in [-0.3, -0.25) is 4.98 Å². The van der Waals surface area contributed by atoms with Gasteiger partial charge in [-0.25, -0.2) is 0 Å². The number of nitrogens with zero attached hydrogens (tertiary/aromatic N) is 1. The predicted molar refractivity (Wildman–Crippen MR) is 51.1 cm³/mol. The van der Waals surface area contributed by atoms with Gasteiger partial charge >= 0.3 is 0 Å². The third kappa shape index (κ3) is 2.07. The second kappa shape index (κ2) is 3.56. The van der Waals surface area contributed by atoms with Crippen LogP contribution in [0.25, 0.3) is 0 Å². The van der Waals surface area contributed by atoms with E-state index in [0.29, 0.717) is 5.92 Å². The van der Waals surface area contributed by atoms with Crippen molar-refractivity contribution >= 4 is 13.3 Å². The number of hydrogen-bond donors (Lipinski definition) is 0. The van der Waals surface area contributed by atoms with Crippen LogP contribution in [0, 0.1) is 0 Å². The van der Waals surface area contributed by atoms with Gasteiger partial charge in [0.1, 0.15) is 7.85 Å². The summed E-state index contributed by atoms with van der Waals surface area (Å²) >= 11 is 0. The van der Waals surface area contributed by atoms with E-state index in [2.05, 4.69) is 38.8 Å². The predicted octanol–water partition coefficient (Wildman–Crippen LogP) is 0.853. The number of aromatic nitrogens is 1. The molecular formula is C9H14BN. The van der Waals surface area contributed by atoms with Crippen molar-refractivity contribution in [2.75, 3.05) is 0 Å². The standard InChI is InChI=1S/C9H14BN/c1-3-7(2)9-5-4-8(10)6-11-9/h4-7H,3,10H2,1-2H3. The molecular weight excluding hydrogens is 133 g/mol. The van der Waals surface area contributed by atoms with Crippen LogP contribution < -0.4 is 5.46 Å². The van der Waals surface area contributed by atoms with Crippen LogP contribution in [0.1, 0.15) is 31.9 Å². The Bertz CT molecular complexity index is 218. The van der Waals surface area contributed by atoms with Gasteiger partial charge in [-0.05, 0) is 18.4 Å². The van der Waals surface area contributed by atoms with E-state index < -0.39 is 0 Å². The van der Waals surface area contributed by atoms with Crippen LogP contribution in [-0.2, 0) is 0 Å². The quantitative estimate of drug-likeness (QED) is 0.565. The fourth-order valence-corrected chi connectivity index (χ4v) is 0.980. The maximum absolute atomic E-state index is 4.35. The highest BCUT2D eigenvalue weighted by atomic mass is 14.7. The topological polar surface area (TPSA) is 12.9 Å². The Kier molecular flexibility index (Phi) is 2.69. The zero-order valence-corrected chi connectivity index (χ0v) is 7.46. The van der Waals surface area contributed by atoms with E-state index in [9.17, 15) is 0 Å². The van der Waals surface area contributed by atoms with E-state index in [0.717, 1.165) is 6.42 Å². The highest BCUT2D eigenvalue weighted by Gasteiger charge is 2.01. The Morgan fingerprint density at radius 3 is 2.73 bits per heavy atom. The Labute approximate surface area is 69.3 Å². The fraction of sp³-hybridized carbons (Fsp3) is 0.444. The SMILES string of the molecule is Bc1ccc(C(C)CC)nc1. The van der Waals surface area contributed by atoms with E-state index in [4.69, 9.17) is 0 Å². The van der Waals surface area contributed by atoms with Crippen molar-refractivity contribution in [1.29, 1.82) is 0 Å². The molecule has 1 aromatic heterocycles. The third-order valence-electron chi connectivity index (χ3n) is 2.05. The van der Waals surface area contributed by atoms with Gasteiger partial charge < -0.3 is 0 Å². The lowest BCUT2D eigenvalue weighted by Crippen LogP contribution is -2.05. The molecule has 1 rings (SSSR count). The minimum Gasteiger partial charge on any atom is -0.262 e. The number of hydrogen-bond acceptors (Lipinski definition) is 1. The van der Waals surface area contributed by atoms with Gasteiger partial charge in [0.2, 0.25) is 0 Å². The lowest BCUT2D eigenvalue weighted by Gasteiger charge is -2.06. The molecule has 0 spiro atoms. The Morgan fingerprint density at radius 1 is 1.55 bits per heavy atom. The molecule has 1 atom stereocenters. The van der Waals surface area contributed by atoms with Crippen molar-refractivity contribution in [3.05, 3.63) is 24.0 Å². The molecule has 0 aliphatic heterocycles. The van der Waals surface area contributed by atoms with Crippen LogP contribution in [0.15, 0.2) is 18.3 Å². The highest BCUT2D eigenvalue weighted by molar-refractivity contribution is 6.31. The molecule has 0 saturated carbocycles. The first-order chi connectivity index (χ1) is 5.24. The summed E-state index contributed by atoms with van der Waals surface area (Å²) in [7, 11) is 2.06. The molecule has 0 amide bonds. The van der Waals surface area contributed by atoms with E-state index in [1.165, 1.54) is 11.2 Å². The lowest BCUT2D eigenvalue weighted by molar-refractivity contribution is 0.709. The van der Waals surface area contributed by atoms with Crippen LogP contribution >= 0.6 is 0 Å². The minimum atomic E-state index is 0.593. The molecule has 1 aromatic rings. The van der Waals surface area contributed by atoms with Crippen molar-refractivity contribution < 1.29 is 0 Å². The van der Waals surface area contributed by atoms with Gasteiger partial charge in [0, 0.05) is 11.9 Å². The molecule has 1 nitrogen and oxygen atoms in total. The minimum absolute atomic E-state index is 0.593. The van der Waals surface area contributed by atoms with Crippen LogP contribution in [0.5, 0.6) is 0 Å². The normalized spacial score (nSPS) is 12.9. The Hall–Kier alpha value is -0.785. The molecule has 0 aliphatic carbocycles. The summed E-state index contributed by atoms with van der Waals surface area (Å²) in [5.74, 6) is 0.593.